The van der Waals surface area contributed by atoms with E-state index in [2.05, 4.69) is 17.5 Å². The van der Waals surface area contributed by atoms with Gasteiger partial charge in [0.05, 0.1) is 6.10 Å². The molecule has 1 fully saturated rings. The summed E-state index contributed by atoms with van der Waals surface area (Å²) in [6.07, 6.45) is 7.19. The number of amides is 1. The summed E-state index contributed by atoms with van der Waals surface area (Å²) in [5, 5.41) is 11.6. The summed E-state index contributed by atoms with van der Waals surface area (Å²) < 4.78 is 5.31. The number of ether oxygens (including phenoxy) is 1. The summed E-state index contributed by atoms with van der Waals surface area (Å²) in [7, 11) is 0. The molecule has 100 valence electrons. The number of carbonyl (C=O) groups is 2. The predicted molar refractivity (Wildman–Crippen MR) is 65.0 cm³/mol. The minimum atomic E-state index is -0.917. The highest BCUT2D eigenvalue weighted by Crippen LogP contribution is 2.21. The lowest BCUT2D eigenvalue weighted by atomic mass is 10.1. The molecular weight excluding hydrogens is 234 g/mol. The van der Waals surface area contributed by atoms with Crippen LogP contribution in [0.25, 0.3) is 0 Å². The van der Waals surface area contributed by atoms with Crippen molar-refractivity contribution >= 4 is 11.9 Å². The van der Waals surface area contributed by atoms with Crippen LogP contribution in [0.3, 0.4) is 0 Å². The Labute approximate surface area is 106 Å². The van der Waals surface area contributed by atoms with E-state index in [1.165, 1.54) is 0 Å². The van der Waals surface area contributed by atoms with Crippen LogP contribution in [0.2, 0.25) is 0 Å². The third-order valence-corrected chi connectivity index (χ3v) is 3.47. The maximum Gasteiger partial charge on any atom is 0.332 e. The molecule has 5 nitrogen and oxygen atoms in total. The zero-order chi connectivity index (χ0) is 13.0. The Balaban J connectivity index is 1.64. The second-order valence-corrected chi connectivity index (χ2v) is 4.94. The number of hydrogen-bond donors (Lipinski definition) is 2. The number of hydrogen-bond acceptors (Lipinski definition) is 3. The van der Waals surface area contributed by atoms with Gasteiger partial charge in [-0.05, 0) is 31.6 Å². The average molecular weight is 253 g/mol. The van der Waals surface area contributed by atoms with Crippen molar-refractivity contribution in [1.82, 2.24) is 5.32 Å². The molecule has 0 aromatic heterocycles. The van der Waals surface area contributed by atoms with Crippen LogP contribution in [-0.4, -0.2) is 35.7 Å². The van der Waals surface area contributed by atoms with Crippen molar-refractivity contribution in [2.75, 3.05) is 6.54 Å². The zero-order valence-corrected chi connectivity index (χ0v) is 10.3. The first kappa shape index (κ1) is 13.1. The fourth-order valence-electron chi connectivity index (χ4n) is 2.44. The van der Waals surface area contributed by atoms with Crippen LogP contribution in [-0.2, 0) is 14.3 Å². The number of nitrogens with one attached hydrogen (secondary N) is 1. The third kappa shape index (κ3) is 3.57. The zero-order valence-electron chi connectivity index (χ0n) is 10.3. The summed E-state index contributed by atoms with van der Waals surface area (Å²) in [6, 6.07) is 0. The number of aliphatic carboxylic acids is 1. The molecule has 1 heterocycles. The molecule has 1 amide bonds. The number of carbonyl (C=O) groups excluding carboxylic acids is 1. The number of carboxylic acid groups (broad SMARTS) is 1. The van der Waals surface area contributed by atoms with Crippen molar-refractivity contribution in [3.8, 4) is 0 Å². The molecule has 0 saturated carbocycles. The van der Waals surface area contributed by atoms with Crippen LogP contribution in [0, 0.1) is 5.92 Å². The van der Waals surface area contributed by atoms with Crippen LogP contribution >= 0.6 is 0 Å². The molecule has 0 bridgehead atoms. The Morgan fingerprint density at radius 3 is 2.78 bits per heavy atom. The van der Waals surface area contributed by atoms with Crippen LogP contribution < -0.4 is 5.32 Å². The molecule has 1 saturated heterocycles. The van der Waals surface area contributed by atoms with Crippen molar-refractivity contribution in [1.29, 1.82) is 0 Å². The van der Waals surface area contributed by atoms with Crippen molar-refractivity contribution < 1.29 is 19.4 Å². The first-order chi connectivity index (χ1) is 8.65. The molecule has 2 aliphatic rings. The third-order valence-electron chi connectivity index (χ3n) is 3.47. The lowest BCUT2D eigenvalue weighted by Crippen LogP contribution is -2.33. The number of rotatable bonds is 5. The highest BCUT2D eigenvalue weighted by Gasteiger charge is 2.30. The molecule has 2 N–H and O–H groups in total. The molecule has 18 heavy (non-hydrogen) atoms. The minimum Gasteiger partial charge on any atom is -0.479 e. The van der Waals surface area contributed by atoms with Crippen molar-refractivity contribution in [2.45, 2.75) is 44.3 Å². The Morgan fingerprint density at radius 2 is 2.17 bits per heavy atom. The van der Waals surface area contributed by atoms with E-state index >= 15 is 0 Å². The van der Waals surface area contributed by atoms with E-state index in [-0.39, 0.29) is 12.0 Å². The fourth-order valence-corrected chi connectivity index (χ4v) is 2.44. The molecule has 1 aliphatic heterocycles. The van der Waals surface area contributed by atoms with Crippen molar-refractivity contribution in [3.63, 3.8) is 0 Å². The van der Waals surface area contributed by atoms with Crippen LogP contribution in [0.4, 0.5) is 0 Å². The van der Waals surface area contributed by atoms with Gasteiger partial charge in [-0.3, -0.25) is 4.79 Å². The van der Waals surface area contributed by atoms with Gasteiger partial charge in [0.25, 0.3) is 0 Å². The number of allylic oxidation sites excluding steroid dienone is 2. The van der Waals surface area contributed by atoms with Gasteiger partial charge in [-0.2, -0.15) is 0 Å². The van der Waals surface area contributed by atoms with E-state index in [1.807, 2.05) is 0 Å². The minimum absolute atomic E-state index is 0.0222. The lowest BCUT2D eigenvalue weighted by Gasteiger charge is -2.13. The topological polar surface area (TPSA) is 75.6 Å². The first-order valence-corrected chi connectivity index (χ1v) is 6.47. The highest BCUT2D eigenvalue weighted by molar-refractivity contribution is 5.76. The summed E-state index contributed by atoms with van der Waals surface area (Å²) in [5.41, 5.74) is 0. The second kappa shape index (κ2) is 6.00. The summed E-state index contributed by atoms with van der Waals surface area (Å²) in [4.78, 5) is 22.3. The van der Waals surface area contributed by atoms with Gasteiger partial charge in [0, 0.05) is 13.0 Å². The van der Waals surface area contributed by atoms with Gasteiger partial charge in [-0.15, -0.1) is 0 Å². The predicted octanol–water partition coefficient (Wildman–Crippen LogP) is 1.09. The van der Waals surface area contributed by atoms with E-state index in [1.54, 1.807) is 0 Å². The quantitative estimate of drug-likeness (QED) is 0.719. The highest BCUT2D eigenvalue weighted by atomic mass is 16.5. The fraction of sp³-hybridized carbons (Fsp3) is 0.692. The van der Waals surface area contributed by atoms with Gasteiger partial charge in [0.1, 0.15) is 0 Å². The van der Waals surface area contributed by atoms with E-state index < -0.39 is 12.1 Å². The SMILES string of the molecule is O=C(CC1C=CCC1)NCC1CCC(C(=O)O)O1. The first-order valence-electron chi connectivity index (χ1n) is 6.47. The molecule has 0 radical (unpaired) electrons. The van der Waals surface area contributed by atoms with E-state index in [9.17, 15) is 9.59 Å². The van der Waals surface area contributed by atoms with Gasteiger partial charge >= 0.3 is 5.97 Å². The van der Waals surface area contributed by atoms with Gasteiger partial charge in [-0.25, -0.2) is 4.79 Å². The molecule has 0 aromatic rings. The summed E-state index contributed by atoms with van der Waals surface area (Å²) in [6.45, 7) is 0.416. The Bertz CT molecular complexity index is 353. The van der Waals surface area contributed by atoms with Crippen LogP contribution in [0.5, 0.6) is 0 Å². The van der Waals surface area contributed by atoms with Crippen LogP contribution in [0.15, 0.2) is 12.2 Å². The molecule has 3 atom stereocenters. The Morgan fingerprint density at radius 1 is 1.33 bits per heavy atom. The van der Waals surface area contributed by atoms with Gasteiger partial charge in [0.2, 0.25) is 5.91 Å². The summed E-state index contributed by atoms with van der Waals surface area (Å²) in [5.74, 6) is -0.532. The molecule has 0 aromatic carbocycles. The monoisotopic (exact) mass is 253 g/mol. The smallest absolute Gasteiger partial charge is 0.332 e. The largest absolute Gasteiger partial charge is 0.479 e. The molecule has 1 aliphatic carbocycles. The molecule has 5 heteroatoms. The Hall–Kier alpha value is -1.36. The van der Waals surface area contributed by atoms with E-state index in [4.69, 9.17) is 9.84 Å². The molecular formula is C13H19NO4. The maximum absolute atomic E-state index is 11.7. The summed E-state index contributed by atoms with van der Waals surface area (Å²) >= 11 is 0. The van der Waals surface area contributed by atoms with Crippen molar-refractivity contribution in [3.05, 3.63) is 12.2 Å². The van der Waals surface area contributed by atoms with Crippen LogP contribution in [0.1, 0.15) is 32.1 Å². The number of carboxylic acids is 1. The van der Waals surface area contributed by atoms with Gasteiger partial charge in [0.15, 0.2) is 6.10 Å². The lowest BCUT2D eigenvalue weighted by molar-refractivity contribution is -0.149. The van der Waals surface area contributed by atoms with Gasteiger partial charge < -0.3 is 15.2 Å². The van der Waals surface area contributed by atoms with Crippen molar-refractivity contribution in [2.24, 2.45) is 5.92 Å². The van der Waals surface area contributed by atoms with E-state index in [0.717, 1.165) is 12.8 Å². The second-order valence-electron chi connectivity index (χ2n) is 4.94. The van der Waals surface area contributed by atoms with E-state index in [0.29, 0.717) is 31.7 Å². The Kier molecular flexibility index (Phi) is 4.36. The molecule has 3 unspecified atom stereocenters. The standard InChI is InChI=1S/C13H19NO4/c15-12(7-9-3-1-2-4-9)14-8-10-5-6-11(18-10)13(16)17/h1,3,9-11H,2,4-8H2,(H,14,15)(H,16,17). The normalized spacial score (nSPS) is 30.6. The maximum atomic E-state index is 11.7. The molecule has 2 rings (SSSR count). The molecule has 0 spiro atoms. The van der Waals surface area contributed by atoms with Gasteiger partial charge in [-0.1, -0.05) is 12.2 Å². The average Bonchev–Trinajstić information content (AvgIpc) is 2.96.